The number of aromatic nitrogens is 2. The molecule has 1 aromatic heterocycles. The number of halogens is 1. The van der Waals surface area contributed by atoms with Gasteiger partial charge < -0.3 is 5.32 Å². The van der Waals surface area contributed by atoms with Gasteiger partial charge in [0, 0.05) is 12.7 Å². The molecule has 0 atom stereocenters. The first-order chi connectivity index (χ1) is 7.31. The average Bonchev–Trinajstić information content (AvgIpc) is 2.63. The molecule has 78 valence electrons. The van der Waals surface area contributed by atoms with Crippen molar-refractivity contribution < 1.29 is 0 Å². The lowest BCUT2D eigenvalue weighted by Crippen LogP contribution is -2.06. The minimum absolute atomic E-state index is 0.679. The second-order valence-electron chi connectivity index (χ2n) is 3.23. The zero-order valence-corrected chi connectivity index (χ0v) is 9.20. The molecule has 0 aliphatic carbocycles. The largest absolute Gasteiger partial charge is 0.314 e. The van der Waals surface area contributed by atoms with E-state index in [1.165, 1.54) is 0 Å². The van der Waals surface area contributed by atoms with E-state index >= 15 is 0 Å². The minimum Gasteiger partial charge on any atom is -0.314 e. The van der Waals surface area contributed by atoms with Crippen LogP contribution in [0.25, 0.3) is 5.69 Å². The molecule has 0 aliphatic rings. The normalized spacial score (nSPS) is 10.5. The second kappa shape index (κ2) is 4.47. The molecule has 0 spiro atoms. The van der Waals surface area contributed by atoms with Crippen LogP contribution in [0.3, 0.4) is 0 Å². The Morgan fingerprint density at radius 2 is 2.07 bits per heavy atom. The Morgan fingerprint density at radius 1 is 1.33 bits per heavy atom. The van der Waals surface area contributed by atoms with Gasteiger partial charge in [0.15, 0.2) is 0 Å². The highest BCUT2D eigenvalue weighted by Crippen LogP contribution is 2.16. The molecule has 0 saturated heterocycles. The molecule has 0 bridgehead atoms. The Bertz CT molecular complexity index is 436. The van der Waals surface area contributed by atoms with Crippen LogP contribution in [0.1, 0.15) is 5.69 Å². The Morgan fingerprint density at radius 3 is 2.73 bits per heavy atom. The summed E-state index contributed by atoms with van der Waals surface area (Å²) in [5.41, 5.74) is 1.88. The quantitative estimate of drug-likeness (QED) is 0.862. The van der Waals surface area contributed by atoms with Gasteiger partial charge in [-0.15, -0.1) is 0 Å². The lowest BCUT2D eigenvalue weighted by atomic mass is 10.3. The van der Waals surface area contributed by atoms with Gasteiger partial charge in [0.05, 0.1) is 16.4 Å². The number of benzene rings is 1. The first-order valence-electron chi connectivity index (χ1n) is 4.75. The molecule has 0 amide bonds. The maximum atomic E-state index is 6.05. The third-order valence-corrected chi connectivity index (χ3v) is 2.42. The summed E-state index contributed by atoms with van der Waals surface area (Å²) >= 11 is 6.05. The third kappa shape index (κ3) is 2.19. The Hall–Kier alpha value is -1.32. The first-order valence-corrected chi connectivity index (χ1v) is 5.13. The third-order valence-electron chi connectivity index (χ3n) is 2.10. The Kier molecular flexibility index (Phi) is 3.04. The van der Waals surface area contributed by atoms with Gasteiger partial charge in [0.1, 0.15) is 0 Å². The summed E-state index contributed by atoms with van der Waals surface area (Å²) in [7, 11) is 1.87. The fourth-order valence-electron chi connectivity index (χ4n) is 1.39. The van der Waals surface area contributed by atoms with E-state index in [-0.39, 0.29) is 0 Å². The van der Waals surface area contributed by atoms with Gasteiger partial charge in [-0.3, -0.25) is 0 Å². The fourth-order valence-corrected chi connectivity index (χ4v) is 1.59. The summed E-state index contributed by atoms with van der Waals surface area (Å²) in [5, 5.41) is 8.11. The lowest BCUT2D eigenvalue weighted by molar-refractivity contribution is 0.757. The molecule has 0 aliphatic heterocycles. The van der Waals surface area contributed by atoms with Crippen LogP contribution in [0, 0.1) is 0 Å². The molecule has 4 heteroatoms. The number of para-hydroxylation sites is 1. The highest BCUT2D eigenvalue weighted by Gasteiger charge is 2.06. The van der Waals surface area contributed by atoms with E-state index in [1.807, 2.05) is 43.6 Å². The summed E-state index contributed by atoms with van der Waals surface area (Å²) in [5.74, 6) is 0. The molecule has 3 nitrogen and oxygen atoms in total. The van der Waals surface area contributed by atoms with Crippen LogP contribution in [0.4, 0.5) is 0 Å². The lowest BCUT2D eigenvalue weighted by Gasteiger charge is -1.99. The van der Waals surface area contributed by atoms with Crippen molar-refractivity contribution in [2.24, 2.45) is 0 Å². The van der Waals surface area contributed by atoms with Crippen LogP contribution in [0.5, 0.6) is 0 Å². The van der Waals surface area contributed by atoms with Crippen LogP contribution >= 0.6 is 11.6 Å². The summed E-state index contributed by atoms with van der Waals surface area (Å²) in [6.45, 7) is 0.679. The highest BCUT2D eigenvalue weighted by molar-refractivity contribution is 6.31. The predicted octanol–water partition coefficient (Wildman–Crippen LogP) is 2.25. The smallest absolute Gasteiger partial charge is 0.0952 e. The first kappa shape index (κ1) is 10.2. The molecule has 15 heavy (non-hydrogen) atoms. The highest BCUT2D eigenvalue weighted by atomic mass is 35.5. The molecule has 0 unspecified atom stereocenters. The van der Waals surface area contributed by atoms with Gasteiger partial charge in [-0.2, -0.15) is 5.10 Å². The number of hydrogen-bond donors (Lipinski definition) is 1. The van der Waals surface area contributed by atoms with Crippen molar-refractivity contribution in [2.75, 3.05) is 7.05 Å². The molecule has 2 aromatic rings. The minimum atomic E-state index is 0.679. The van der Waals surface area contributed by atoms with Gasteiger partial charge in [-0.05, 0) is 19.2 Å². The summed E-state index contributed by atoms with van der Waals surface area (Å²) < 4.78 is 1.79. The van der Waals surface area contributed by atoms with Crippen molar-refractivity contribution in [1.29, 1.82) is 0 Å². The van der Waals surface area contributed by atoms with Gasteiger partial charge in [0.25, 0.3) is 0 Å². The molecule has 0 radical (unpaired) electrons. The van der Waals surface area contributed by atoms with E-state index < -0.39 is 0 Å². The van der Waals surface area contributed by atoms with E-state index in [1.54, 1.807) is 4.68 Å². The van der Waals surface area contributed by atoms with Crippen molar-refractivity contribution in [2.45, 2.75) is 6.54 Å². The van der Waals surface area contributed by atoms with E-state index in [2.05, 4.69) is 10.4 Å². The van der Waals surface area contributed by atoms with Gasteiger partial charge in [0.2, 0.25) is 0 Å². The maximum absolute atomic E-state index is 6.05. The molecule has 0 saturated carbocycles. The summed E-state index contributed by atoms with van der Waals surface area (Å²) in [4.78, 5) is 0. The molecule has 1 aromatic carbocycles. The van der Waals surface area contributed by atoms with Crippen molar-refractivity contribution in [1.82, 2.24) is 15.1 Å². The number of nitrogens with one attached hydrogen (secondary N) is 1. The number of rotatable bonds is 3. The van der Waals surface area contributed by atoms with Gasteiger partial charge in [-0.1, -0.05) is 29.8 Å². The van der Waals surface area contributed by atoms with Crippen molar-refractivity contribution in [3.05, 3.63) is 47.2 Å². The zero-order chi connectivity index (χ0) is 10.7. The van der Waals surface area contributed by atoms with E-state index in [0.29, 0.717) is 11.6 Å². The standard InChI is InChI=1S/C11H12ClN3/c1-13-7-11-10(12)8-15(14-11)9-5-3-2-4-6-9/h2-6,8,13H,7H2,1H3. The topological polar surface area (TPSA) is 29.9 Å². The van der Waals surface area contributed by atoms with Crippen LogP contribution in [-0.4, -0.2) is 16.8 Å². The van der Waals surface area contributed by atoms with Gasteiger partial charge >= 0.3 is 0 Å². The maximum Gasteiger partial charge on any atom is 0.0952 e. The zero-order valence-electron chi connectivity index (χ0n) is 8.44. The Balaban J connectivity index is 2.34. The molecular weight excluding hydrogens is 210 g/mol. The Labute approximate surface area is 93.7 Å². The number of nitrogens with zero attached hydrogens (tertiary/aromatic N) is 2. The second-order valence-corrected chi connectivity index (χ2v) is 3.64. The van der Waals surface area contributed by atoms with Gasteiger partial charge in [-0.25, -0.2) is 4.68 Å². The number of hydrogen-bond acceptors (Lipinski definition) is 2. The van der Waals surface area contributed by atoms with E-state index in [0.717, 1.165) is 11.4 Å². The van der Waals surface area contributed by atoms with Crippen molar-refractivity contribution >= 4 is 11.6 Å². The van der Waals surface area contributed by atoms with Crippen LogP contribution in [0.2, 0.25) is 5.02 Å². The van der Waals surface area contributed by atoms with E-state index in [4.69, 9.17) is 11.6 Å². The molecule has 2 rings (SSSR count). The monoisotopic (exact) mass is 221 g/mol. The molecule has 1 N–H and O–H groups in total. The molecule has 1 heterocycles. The molecular formula is C11H12ClN3. The average molecular weight is 222 g/mol. The van der Waals surface area contributed by atoms with Crippen LogP contribution in [0.15, 0.2) is 36.5 Å². The van der Waals surface area contributed by atoms with E-state index in [9.17, 15) is 0 Å². The summed E-state index contributed by atoms with van der Waals surface area (Å²) in [6, 6.07) is 9.91. The summed E-state index contributed by atoms with van der Waals surface area (Å²) in [6.07, 6.45) is 1.82. The van der Waals surface area contributed by atoms with Crippen molar-refractivity contribution in [3.63, 3.8) is 0 Å². The SMILES string of the molecule is CNCc1nn(-c2ccccc2)cc1Cl. The predicted molar refractivity (Wildman–Crippen MR) is 61.3 cm³/mol. The van der Waals surface area contributed by atoms with Crippen LogP contribution in [-0.2, 0) is 6.54 Å². The van der Waals surface area contributed by atoms with Crippen LogP contribution < -0.4 is 5.32 Å². The fraction of sp³-hybridized carbons (Fsp3) is 0.182. The molecule has 0 fully saturated rings. The van der Waals surface area contributed by atoms with Crippen molar-refractivity contribution in [3.8, 4) is 5.69 Å².